The molecule has 0 atom stereocenters. The molecule has 140 valence electrons. The highest BCUT2D eigenvalue weighted by molar-refractivity contribution is 6.29. The molecular formula is C24H22N2O2. The Bertz CT molecular complexity index is 962. The molecular weight excluding hydrogens is 348 g/mol. The van der Waals surface area contributed by atoms with Crippen LogP contribution in [0.1, 0.15) is 16.7 Å². The summed E-state index contributed by atoms with van der Waals surface area (Å²) in [6.07, 6.45) is 1.60. The van der Waals surface area contributed by atoms with Crippen molar-refractivity contribution >= 4 is 29.3 Å². The predicted molar refractivity (Wildman–Crippen MR) is 114 cm³/mol. The lowest BCUT2D eigenvalue weighted by molar-refractivity contribution is -0.118. The maximum absolute atomic E-state index is 12.9. The Hall–Kier alpha value is -3.66. The van der Waals surface area contributed by atoms with Crippen molar-refractivity contribution in [2.45, 2.75) is 13.8 Å². The van der Waals surface area contributed by atoms with Crippen molar-refractivity contribution in [3.8, 4) is 0 Å². The van der Waals surface area contributed by atoms with Gasteiger partial charge in [0.1, 0.15) is 5.57 Å². The fraction of sp³-hybridized carbons (Fsp3) is 0.0833. The SMILES string of the molecule is Cc1ccccc1NC(=O)C(=Cc1ccccc1)C(=O)Nc1ccccc1C. The molecule has 0 aliphatic rings. The molecule has 28 heavy (non-hydrogen) atoms. The molecule has 3 aromatic rings. The Balaban J connectivity index is 1.92. The van der Waals surface area contributed by atoms with E-state index in [1.54, 1.807) is 6.08 Å². The Kier molecular flexibility index (Phi) is 6.02. The zero-order valence-corrected chi connectivity index (χ0v) is 15.9. The van der Waals surface area contributed by atoms with Gasteiger partial charge < -0.3 is 10.6 Å². The Labute approximate surface area is 164 Å². The van der Waals surface area contributed by atoms with Crippen LogP contribution in [0.5, 0.6) is 0 Å². The summed E-state index contributed by atoms with van der Waals surface area (Å²) in [6.45, 7) is 3.81. The number of carbonyl (C=O) groups excluding carboxylic acids is 2. The number of nitrogens with one attached hydrogen (secondary N) is 2. The van der Waals surface area contributed by atoms with Crippen molar-refractivity contribution in [3.05, 3.63) is 101 Å². The van der Waals surface area contributed by atoms with Gasteiger partial charge in [0, 0.05) is 11.4 Å². The molecule has 0 heterocycles. The monoisotopic (exact) mass is 370 g/mol. The number of hydrogen-bond donors (Lipinski definition) is 2. The average Bonchev–Trinajstić information content (AvgIpc) is 2.70. The lowest BCUT2D eigenvalue weighted by Gasteiger charge is -2.13. The lowest BCUT2D eigenvalue weighted by Crippen LogP contribution is -2.25. The van der Waals surface area contributed by atoms with Crippen LogP contribution < -0.4 is 10.6 Å². The van der Waals surface area contributed by atoms with Gasteiger partial charge in [-0.05, 0) is 48.7 Å². The fourth-order valence-electron chi connectivity index (χ4n) is 2.76. The minimum absolute atomic E-state index is 0.0395. The number of benzene rings is 3. The number of aryl methyl sites for hydroxylation is 2. The highest BCUT2D eigenvalue weighted by atomic mass is 16.2. The first kappa shape index (κ1) is 19.1. The largest absolute Gasteiger partial charge is 0.322 e. The number of hydrogen-bond acceptors (Lipinski definition) is 2. The van der Waals surface area contributed by atoms with Crippen LogP contribution in [0.3, 0.4) is 0 Å². The van der Waals surface area contributed by atoms with Gasteiger partial charge in [0.05, 0.1) is 0 Å². The first-order valence-corrected chi connectivity index (χ1v) is 9.05. The number of amides is 2. The van der Waals surface area contributed by atoms with E-state index >= 15 is 0 Å². The highest BCUT2D eigenvalue weighted by Crippen LogP contribution is 2.18. The summed E-state index contributed by atoms with van der Waals surface area (Å²) in [5.41, 5.74) is 4.02. The van der Waals surface area contributed by atoms with Gasteiger partial charge in [-0.15, -0.1) is 0 Å². The summed E-state index contributed by atoms with van der Waals surface area (Å²) in [7, 11) is 0. The molecule has 0 unspecified atom stereocenters. The second-order valence-corrected chi connectivity index (χ2v) is 6.51. The molecule has 0 saturated carbocycles. The Morgan fingerprint density at radius 1 is 0.643 bits per heavy atom. The number of para-hydroxylation sites is 2. The number of carbonyl (C=O) groups is 2. The van der Waals surface area contributed by atoms with E-state index in [1.807, 2.05) is 92.7 Å². The average molecular weight is 370 g/mol. The minimum atomic E-state index is -0.454. The third-order valence-electron chi connectivity index (χ3n) is 4.39. The summed E-state index contributed by atoms with van der Waals surface area (Å²) >= 11 is 0. The third-order valence-corrected chi connectivity index (χ3v) is 4.39. The molecule has 0 fully saturated rings. The molecule has 4 nitrogen and oxygen atoms in total. The molecule has 3 rings (SSSR count). The van der Waals surface area contributed by atoms with E-state index in [-0.39, 0.29) is 5.57 Å². The van der Waals surface area contributed by atoms with Gasteiger partial charge in [0.25, 0.3) is 11.8 Å². The summed E-state index contributed by atoms with van der Waals surface area (Å²) in [6, 6.07) is 24.2. The molecule has 0 aliphatic carbocycles. The van der Waals surface area contributed by atoms with E-state index in [0.717, 1.165) is 16.7 Å². The quantitative estimate of drug-likeness (QED) is 0.379. The van der Waals surface area contributed by atoms with E-state index in [1.165, 1.54) is 0 Å². The molecule has 0 radical (unpaired) electrons. The van der Waals surface area contributed by atoms with Crippen LogP contribution in [0.15, 0.2) is 84.4 Å². The van der Waals surface area contributed by atoms with E-state index < -0.39 is 11.8 Å². The normalized spacial score (nSPS) is 10.1. The van der Waals surface area contributed by atoms with Crippen LogP contribution in [0.4, 0.5) is 11.4 Å². The zero-order chi connectivity index (χ0) is 19.9. The van der Waals surface area contributed by atoms with Crippen molar-refractivity contribution < 1.29 is 9.59 Å². The highest BCUT2D eigenvalue weighted by Gasteiger charge is 2.20. The Morgan fingerprint density at radius 2 is 1.07 bits per heavy atom. The molecule has 0 spiro atoms. The van der Waals surface area contributed by atoms with Crippen molar-refractivity contribution in [1.29, 1.82) is 0 Å². The summed E-state index contributed by atoms with van der Waals surface area (Å²) in [4.78, 5) is 25.9. The molecule has 3 aromatic carbocycles. The summed E-state index contributed by atoms with van der Waals surface area (Å²) in [5, 5.41) is 5.69. The summed E-state index contributed by atoms with van der Waals surface area (Å²) in [5.74, 6) is -0.909. The van der Waals surface area contributed by atoms with Crippen LogP contribution in [0.25, 0.3) is 6.08 Å². The van der Waals surface area contributed by atoms with E-state index in [0.29, 0.717) is 11.4 Å². The van der Waals surface area contributed by atoms with Gasteiger partial charge in [0.2, 0.25) is 0 Å². The van der Waals surface area contributed by atoms with E-state index in [9.17, 15) is 9.59 Å². The van der Waals surface area contributed by atoms with Crippen molar-refractivity contribution in [1.82, 2.24) is 0 Å². The zero-order valence-electron chi connectivity index (χ0n) is 15.9. The van der Waals surface area contributed by atoms with Gasteiger partial charge >= 0.3 is 0 Å². The minimum Gasteiger partial charge on any atom is -0.322 e. The van der Waals surface area contributed by atoms with Gasteiger partial charge in [0.15, 0.2) is 0 Å². The van der Waals surface area contributed by atoms with Crippen LogP contribution >= 0.6 is 0 Å². The van der Waals surface area contributed by atoms with Crippen LogP contribution in [-0.2, 0) is 9.59 Å². The molecule has 2 N–H and O–H groups in total. The smallest absolute Gasteiger partial charge is 0.261 e. The van der Waals surface area contributed by atoms with Gasteiger partial charge in [-0.2, -0.15) is 0 Å². The Morgan fingerprint density at radius 3 is 1.54 bits per heavy atom. The van der Waals surface area contributed by atoms with Gasteiger partial charge in [-0.1, -0.05) is 66.7 Å². The van der Waals surface area contributed by atoms with Crippen LogP contribution in [0, 0.1) is 13.8 Å². The van der Waals surface area contributed by atoms with Crippen molar-refractivity contribution in [2.24, 2.45) is 0 Å². The molecule has 0 aliphatic heterocycles. The van der Waals surface area contributed by atoms with E-state index in [2.05, 4.69) is 10.6 Å². The third kappa shape index (κ3) is 4.74. The molecule has 4 heteroatoms. The van der Waals surface area contributed by atoms with Gasteiger partial charge in [-0.3, -0.25) is 9.59 Å². The predicted octanol–water partition coefficient (Wildman–Crippen LogP) is 4.96. The molecule has 0 aromatic heterocycles. The summed E-state index contributed by atoms with van der Waals surface area (Å²) < 4.78 is 0. The maximum Gasteiger partial charge on any atom is 0.261 e. The van der Waals surface area contributed by atoms with Crippen molar-refractivity contribution in [2.75, 3.05) is 10.6 Å². The molecule has 0 bridgehead atoms. The first-order chi connectivity index (χ1) is 13.5. The number of anilines is 2. The maximum atomic E-state index is 12.9. The van der Waals surface area contributed by atoms with Gasteiger partial charge in [-0.25, -0.2) is 0 Å². The second-order valence-electron chi connectivity index (χ2n) is 6.51. The van der Waals surface area contributed by atoms with Crippen LogP contribution in [0.2, 0.25) is 0 Å². The standard InChI is InChI=1S/C24H22N2O2/c1-17-10-6-8-14-21(17)25-23(27)20(16-19-12-4-3-5-13-19)24(28)26-22-15-9-7-11-18(22)2/h3-16H,1-2H3,(H,25,27)(H,26,28). The molecule has 2 amide bonds. The first-order valence-electron chi connectivity index (χ1n) is 9.05. The lowest BCUT2D eigenvalue weighted by atomic mass is 10.1. The number of rotatable bonds is 5. The van der Waals surface area contributed by atoms with Crippen LogP contribution in [-0.4, -0.2) is 11.8 Å². The second kappa shape index (κ2) is 8.82. The van der Waals surface area contributed by atoms with E-state index in [4.69, 9.17) is 0 Å². The molecule has 0 saturated heterocycles. The topological polar surface area (TPSA) is 58.2 Å². The van der Waals surface area contributed by atoms with Crippen molar-refractivity contribution in [3.63, 3.8) is 0 Å². The fourth-order valence-corrected chi connectivity index (χ4v) is 2.76.